The molecule has 1 aliphatic heterocycles. The van der Waals surface area contributed by atoms with Gasteiger partial charge in [0, 0.05) is 17.1 Å². The van der Waals surface area contributed by atoms with Crippen molar-refractivity contribution < 1.29 is 14.7 Å². The van der Waals surface area contributed by atoms with Gasteiger partial charge in [-0.25, -0.2) is 0 Å². The molecular weight excluding hydrogens is 384 g/mol. The molecule has 2 heterocycles. The summed E-state index contributed by atoms with van der Waals surface area (Å²) in [4.78, 5) is 26.9. The van der Waals surface area contributed by atoms with E-state index in [9.17, 15) is 14.7 Å². The molecule has 146 valence electrons. The number of aromatic nitrogens is 1. The summed E-state index contributed by atoms with van der Waals surface area (Å²) < 4.78 is 2.06. The zero-order valence-electron chi connectivity index (χ0n) is 16.1. The van der Waals surface area contributed by atoms with Crippen molar-refractivity contribution in [1.29, 1.82) is 0 Å². The third kappa shape index (κ3) is 3.71. The molecule has 3 aromatic rings. The number of carbonyl (C=O) groups excluding carboxylic acids is 2. The maximum absolute atomic E-state index is 12.8. The average Bonchev–Trinajstić information content (AvgIpc) is 3.13. The van der Waals surface area contributed by atoms with Crippen LogP contribution < -0.4 is 0 Å². The standard InChI is InChI=1S/C23H20N2O3S/c1-15-12-18(16(2)25(15)19-8-10-20(26)11-9-19)13-21-22(27)24(23(28)29-21)14-17-6-4-3-5-7-17/h3-13,26H,14H2,1-2H3/b21-13-. The average molecular weight is 404 g/mol. The SMILES string of the molecule is Cc1cc(/C=C2\SC(=O)N(Cc3ccccc3)C2=O)c(C)n1-c1ccc(O)cc1. The van der Waals surface area contributed by atoms with Crippen molar-refractivity contribution in [1.82, 2.24) is 9.47 Å². The number of amides is 2. The normalized spacial score (nSPS) is 15.5. The number of imide groups is 1. The van der Waals surface area contributed by atoms with Gasteiger partial charge in [-0.05, 0) is 73.1 Å². The number of hydrogen-bond acceptors (Lipinski definition) is 4. The fraction of sp³-hybridized carbons (Fsp3) is 0.130. The Bertz CT molecular complexity index is 1120. The number of aromatic hydroxyl groups is 1. The molecule has 2 aromatic carbocycles. The summed E-state index contributed by atoms with van der Waals surface area (Å²) in [7, 11) is 0. The number of phenols is 1. The Hall–Kier alpha value is -3.25. The highest BCUT2D eigenvalue weighted by atomic mass is 32.2. The molecule has 6 heteroatoms. The fourth-order valence-electron chi connectivity index (χ4n) is 3.48. The van der Waals surface area contributed by atoms with Crippen LogP contribution in [0.3, 0.4) is 0 Å². The summed E-state index contributed by atoms with van der Waals surface area (Å²) in [6, 6.07) is 18.4. The summed E-state index contributed by atoms with van der Waals surface area (Å²) >= 11 is 0.974. The van der Waals surface area contributed by atoms with Crippen molar-refractivity contribution in [2.24, 2.45) is 0 Å². The predicted molar refractivity (Wildman–Crippen MR) is 115 cm³/mol. The van der Waals surface area contributed by atoms with E-state index < -0.39 is 0 Å². The molecule has 0 spiro atoms. The van der Waals surface area contributed by atoms with E-state index in [1.165, 1.54) is 4.90 Å². The number of benzene rings is 2. The molecule has 1 N–H and O–H groups in total. The first-order valence-corrected chi connectivity index (χ1v) is 10.0. The van der Waals surface area contributed by atoms with Crippen LogP contribution in [0.25, 0.3) is 11.8 Å². The van der Waals surface area contributed by atoms with Crippen molar-refractivity contribution >= 4 is 29.0 Å². The van der Waals surface area contributed by atoms with Gasteiger partial charge in [-0.15, -0.1) is 0 Å². The lowest BCUT2D eigenvalue weighted by molar-refractivity contribution is -0.123. The molecule has 1 aliphatic rings. The van der Waals surface area contributed by atoms with Gasteiger partial charge in [0.2, 0.25) is 0 Å². The van der Waals surface area contributed by atoms with Crippen molar-refractivity contribution in [2.45, 2.75) is 20.4 Å². The number of aryl methyl sites for hydroxylation is 1. The first-order chi connectivity index (χ1) is 13.9. The summed E-state index contributed by atoms with van der Waals surface area (Å²) in [6.07, 6.45) is 1.79. The quantitative estimate of drug-likeness (QED) is 0.619. The number of hydrogen-bond donors (Lipinski definition) is 1. The summed E-state index contributed by atoms with van der Waals surface area (Å²) in [5.41, 5.74) is 4.70. The Kier molecular flexibility index (Phi) is 5.03. The highest BCUT2D eigenvalue weighted by Gasteiger charge is 2.35. The minimum Gasteiger partial charge on any atom is -0.508 e. The van der Waals surface area contributed by atoms with Crippen LogP contribution in [0, 0.1) is 13.8 Å². The van der Waals surface area contributed by atoms with E-state index in [-0.39, 0.29) is 23.4 Å². The minimum absolute atomic E-state index is 0.212. The Morgan fingerprint density at radius 3 is 2.38 bits per heavy atom. The molecule has 1 saturated heterocycles. The van der Waals surface area contributed by atoms with Crippen molar-refractivity contribution in [3.63, 3.8) is 0 Å². The van der Waals surface area contributed by atoms with Crippen LogP contribution >= 0.6 is 11.8 Å². The van der Waals surface area contributed by atoms with Gasteiger partial charge in [-0.2, -0.15) is 0 Å². The Morgan fingerprint density at radius 2 is 1.69 bits per heavy atom. The molecule has 4 rings (SSSR count). The van der Waals surface area contributed by atoms with Gasteiger partial charge in [0.05, 0.1) is 11.4 Å². The zero-order valence-corrected chi connectivity index (χ0v) is 16.9. The maximum Gasteiger partial charge on any atom is 0.293 e. The molecular formula is C23H20N2O3S. The van der Waals surface area contributed by atoms with Gasteiger partial charge in [-0.1, -0.05) is 30.3 Å². The lowest BCUT2D eigenvalue weighted by atomic mass is 10.2. The molecule has 2 amide bonds. The van der Waals surface area contributed by atoms with Gasteiger partial charge >= 0.3 is 0 Å². The maximum atomic E-state index is 12.8. The fourth-order valence-corrected chi connectivity index (χ4v) is 4.31. The van der Waals surface area contributed by atoms with E-state index in [0.717, 1.165) is 40.0 Å². The largest absolute Gasteiger partial charge is 0.508 e. The molecule has 0 bridgehead atoms. The molecule has 0 saturated carbocycles. The Labute approximate surface area is 173 Å². The lowest BCUT2D eigenvalue weighted by Gasteiger charge is -2.12. The molecule has 29 heavy (non-hydrogen) atoms. The summed E-state index contributed by atoms with van der Waals surface area (Å²) in [5, 5.41) is 9.27. The Morgan fingerprint density at radius 1 is 1.00 bits per heavy atom. The number of phenolic OH excluding ortho intramolecular Hbond substituents is 1. The first kappa shape index (κ1) is 19.1. The molecule has 0 atom stereocenters. The Balaban J connectivity index is 1.63. The van der Waals surface area contributed by atoms with E-state index in [4.69, 9.17) is 0 Å². The van der Waals surface area contributed by atoms with Crippen LogP contribution in [0.1, 0.15) is 22.5 Å². The van der Waals surface area contributed by atoms with Crippen LogP contribution in [-0.4, -0.2) is 25.7 Å². The zero-order chi connectivity index (χ0) is 20.5. The third-order valence-electron chi connectivity index (χ3n) is 4.92. The first-order valence-electron chi connectivity index (χ1n) is 9.21. The van der Waals surface area contributed by atoms with Crippen molar-refractivity contribution in [3.05, 3.63) is 88.1 Å². The van der Waals surface area contributed by atoms with Crippen LogP contribution in [0.5, 0.6) is 5.75 Å². The van der Waals surface area contributed by atoms with E-state index in [2.05, 4.69) is 4.57 Å². The minimum atomic E-state index is -0.265. The number of carbonyl (C=O) groups is 2. The molecule has 0 aliphatic carbocycles. The van der Waals surface area contributed by atoms with Crippen LogP contribution in [-0.2, 0) is 11.3 Å². The number of rotatable bonds is 4. The topological polar surface area (TPSA) is 62.5 Å². The smallest absolute Gasteiger partial charge is 0.293 e. The van der Waals surface area contributed by atoms with Gasteiger partial charge in [0.15, 0.2) is 0 Å². The lowest BCUT2D eigenvalue weighted by Crippen LogP contribution is -2.27. The highest BCUT2D eigenvalue weighted by molar-refractivity contribution is 8.18. The molecule has 5 nitrogen and oxygen atoms in total. The van der Waals surface area contributed by atoms with Gasteiger partial charge in [-0.3, -0.25) is 14.5 Å². The van der Waals surface area contributed by atoms with Gasteiger partial charge < -0.3 is 9.67 Å². The van der Waals surface area contributed by atoms with E-state index in [0.29, 0.717) is 4.91 Å². The van der Waals surface area contributed by atoms with E-state index in [1.54, 1.807) is 18.2 Å². The van der Waals surface area contributed by atoms with Crippen molar-refractivity contribution in [2.75, 3.05) is 0 Å². The number of thioether (sulfide) groups is 1. The second-order valence-electron chi connectivity index (χ2n) is 6.93. The van der Waals surface area contributed by atoms with E-state index in [1.807, 2.05) is 62.4 Å². The second-order valence-corrected chi connectivity index (χ2v) is 7.92. The van der Waals surface area contributed by atoms with Crippen LogP contribution in [0.15, 0.2) is 65.6 Å². The molecule has 0 radical (unpaired) electrons. The second kappa shape index (κ2) is 7.64. The van der Waals surface area contributed by atoms with Gasteiger partial charge in [0.1, 0.15) is 5.75 Å². The predicted octanol–water partition coefficient (Wildman–Crippen LogP) is 5.04. The monoisotopic (exact) mass is 404 g/mol. The van der Waals surface area contributed by atoms with Crippen LogP contribution in [0.4, 0.5) is 4.79 Å². The molecule has 1 fully saturated rings. The summed E-state index contributed by atoms with van der Waals surface area (Å²) in [5.74, 6) is -0.0539. The van der Waals surface area contributed by atoms with E-state index >= 15 is 0 Å². The van der Waals surface area contributed by atoms with Gasteiger partial charge in [0.25, 0.3) is 11.1 Å². The van der Waals surface area contributed by atoms with Crippen molar-refractivity contribution in [3.8, 4) is 11.4 Å². The summed E-state index contributed by atoms with van der Waals surface area (Å²) in [6.45, 7) is 4.23. The van der Waals surface area contributed by atoms with Crippen LogP contribution in [0.2, 0.25) is 0 Å². The highest BCUT2D eigenvalue weighted by Crippen LogP contribution is 2.34. The third-order valence-corrected chi connectivity index (χ3v) is 5.83. The molecule has 0 unspecified atom stereocenters. The number of nitrogens with zero attached hydrogens (tertiary/aromatic N) is 2. The molecule has 1 aromatic heterocycles.